The summed E-state index contributed by atoms with van der Waals surface area (Å²) in [7, 11) is 1.87. The topological polar surface area (TPSA) is 50.9 Å². The van der Waals surface area contributed by atoms with Gasteiger partial charge in [-0.15, -0.1) is 0 Å². The molecular formula is C11H13N3OS. The van der Waals surface area contributed by atoms with Gasteiger partial charge < -0.3 is 5.11 Å². The van der Waals surface area contributed by atoms with Crippen LogP contribution in [0.3, 0.4) is 0 Å². The summed E-state index contributed by atoms with van der Waals surface area (Å²) >= 11 is 1.51. The quantitative estimate of drug-likeness (QED) is 0.884. The summed E-state index contributed by atoms with van der Waals surface area (Å²) < 4.78 is 1.74. The predicted molar refractivity (Wildman–Crippen MR) is 62.2 cm³/mol. The highest BCUT2D eigenvalue weighted by Crippen LogP contribution is 2.30. The Morgan fingerprint density at radius 2 is 2.31 bits per heavy atom. The molecule has 0 fully saturated rings. The molecule has 0 aliphatic carbocycles. The van der Waals surface area contributed by atoms with Crippen LogP contribution in [0.4, 0.5) is 0 Å². The van der Waals surface area contributed by atoms with E-state index < -0.39 is 6.10 Å². The Bertz CT molecular complexity index is 482. The molecule has 0 bridgehead atoms. The van der Waals surface area contributed by atoms with Gasteiger partial charge in [0.15, 0.2) is 0 Å². The molecule has 16 heavy (non-hydrogen) atoms. The molecular weight excluding hydrogens is 222 g/mol. The van der Waals surface area contributed by atoms with Gasteiger partial charge in [-0.2, -0.15) is 5.10 Å². The lowest BCUT2D eigenvalue weighted by atomic mass is 10.2. The van der Waals surface area contributed by atoms with Gasteiger partial charge in [-0.3, -0.25) is 4.68 Å². The van der Waals surface area contributed by atoms with Gasteiger partial charge >= 0.3 is 0 Å². The molecule has 2 aromatic heterocycles. The lowest BCUT2D eigenvalue weighted by Gasteiger charge is -2.08. The SMILES string of the molecule is C[C@H](O)c1cccnc1Sc1cnn(C)c1. The first-order valence-electron chi connectivity index (χ1n) is 4.96. The van der Waals surface area contributed by atoms with Crippen LogP contribution in [0.25, 0.3) is 0 Å². The number of hydrogen-bond acceptors (Lipinski definition) is 4. The fraction of sp³-hybridized carbons (Fsp3) is 0.273. The second-order valence-corrected chi connectivity index (χ2v) is 4.59. The van der Waals surface area contributed by atoms with Crippen LogP contribution in [0.1, 0.15) is 18.6 Å². The highest BCUT2D eigenvalue weighted by molar-refractivity contribution is 7.99. The van der Waals surface area contributed by atoms with Crippen molar-refractivity contribution in [1.82, 2.24) is 14.8 Å². The maximum absolute atomic E-state index is 9.61. The molecule has 4 nitrogen and oxygen atoms in total. The maximum atomic E-state index is 9.61. The van der Waals surface area contributed by atoms with E-state index in [-0.39, 0.29) is 0 Å². The Kier molecular flexibility index (Phi) is 3.26. The second-order valence-electron chi connectivity index (χ2n) is 3.53. The molecule has 2 heterocycles. The molecule has 5 heteroatoms. The van der Waals surface area contributed by atoms with Crippen molar-refractivity contribution in [2.45, 2.75) is 22.9 Å². The number of aliphatic hydroxyl groups is 1. The van der Waals surface area contributed by atoms with Crippen molar-refractivity contribution in [1.29, 1.82) is 0 Å². The van der Waals surface area contributed by atoms with E-state index in [1.54, 1.807) is 24.0 Å². The second kappa shape index (κ2) is 4.67. The van der Waals surface area contributed by atoms with Crippen LogP contribution < -0.4 is 0 Å². The van der Waals surface area contributed by atoms with Crippen LogP contribution in [0, 0.1) is 0 Å². The molecule has 0 amide bonds. The van der Waals surface area contributed by atoms with Crippen molar-refractivity contribution in [3.63, 3.8) is 0 Å². The summed E-state index contributed by atoms with van der Waals surface area (Å²) in [5.41, 5.74) is 0.844. The van der Waals surface area contributed by atoms with Crippen LogP contribution in [0.5, 0.6) is 0 Å². The number of hydrogen-bond donors (Lipinski definition) is 1. The Morgan fingerprint density at radius 1 is 1.50 bits per heavy atom. The average Bonchev–Trinajstić information content (AvgIpc) is 2.64. The highest BCUT2D eigenvalue weighted by atomic mass is 32.2. The lowest BCUT2D eigenvalue weighted by Crippen LogP contribution is -1.95. The van der Waals surface area contributed by atoms with E-state index in [1.807, 2.05) is 25.4 Å². The molecule has 0 aliphatic heterocycles. The summed E-state index contributed by atoms with van der Waals surface area (Å²) in [6, 6.07) is 3.71. The van der Waals surface area contributed by atoms with Crippen LogP contribution in [0.15, 0.2) is 40.6 Å². The third kappa shape index (κ3) is 2.43. The molecule has 0 saturated heterocycles. The van der Waals surface area contributed by atoms with Crippen molar-refractivity contribution in [2.24, 2.45) is 7.05 Å². The third-order valence-electron chi connectivity index (χ3n) is 2.15. The summed E-state index contributed by atoms with van der Waals surface area (Å²) in [6.07, 6.45) is 4.92. The van der Waals surface area contributed by atoms with E-state index in [4.69, 9.17) is 0 Å². The zero-order chi connectivity index (χ0) is 11.5. The Morgan fingerprint density at radius 3 is 2.94 bits per heavy atom. The minimum Gasteiger partial charge on any atom is -0.389 e. The number of aromatic nitrogens is 3. The first-order valence-corrected chi connectivity index (χ1v) is 5.78. The number of aliphatic hydroxyl groups excluding tert-OH is 1. The number of nitrogens with zero attached hydrogens (tertiary/aromatic N) is 3. The van der Waals surface area contributed by atoms with Gasteiger partial charge in [-0.05, 0) is 13.0 Å². The summed E-state index contributed by atoms with van der Waals surface area (Å²) in [5, 5.41) is 14.5. The van der Waals surface area contributed by atoms with Crippen LogP contribution in [-0.4, -0.2) is 19.9 Å². The molecule has 0 spiro atoms. The molecule has 0 radical (unpaired) electrons. The number of rotatable bonds is 3. The first kappa shape index (κ1) is 11.2. The van der Waals surface area contributed by atoms with Crippen LogP contribution in [-0.2, 0) is 7.05 Å². The third-order valence-corrected chi connectivity index (χ3v) is 3.13. The fourth-order valence-electron chi connectivity index (χ4n) is 1.37. The standard InChI is InChI=1S/C11H13N3OS/c1-8(15)10-4-3-5-12-11(10)16-9-6-13-14(2)7-9/h3-8,15H,1-2H3/t8-/m0/s1. The molecule has 84 valence electrons. The smallest absolute Gasteiger partial charge is 0.107 e. The zero-order valence-electron chi connectivity index (χ0n) is 9.16. The molecule has 0 aliphatic rings. The fourth-order valence-corrected chi connectivity index (χ4v) is 2.37. The predicted octanol–water partition coefficient (Wildman–Crippen LogP) is 2.02. The zero-order valence-corrected chi connectivity index (χ0v) is 9.98. The van der Waals surface area contributed by atoms with Gasteiger partial charge in [0, 0.05) is 25.0 Å². The Labute approximate surface area is 98.3 Å². The minimum absolute atomic E-state index is 0.507. The van der Waals surface area contributed by atoms with Gasteiger partial charge in [-0.1, -0.05) is 17.8 Å². The number of pyridine rings is 1. The molecule has 2 aromatic rings. The molecule has 1 atom stereocenters. The molecule has 0 aromatic carbocycles. The van der Waals surface area contributed by atoms with E-state index in [2.05, 4.69) is 10.1 Å². The summed E-state index contributed by atoms with van der Waals surface area (Å²) in [4.78, 5) is 5.29. The largest absolute Gasteiger partial charge is 0.389 e. The van der Waals surface area contributed by atoms with Gasteiger partial charge in [-0.25, -0.2) is 4.98 Å². The van der Waals surface area contributed by atoms with E-state index in [0.717, 1.165) is 15.5 Å². The normalized spacial score (nSPS) is 12.7. The van der Waals surface area contributed by atoms with E-state index in [9.17, 15) is 5.11 Å². The molecule has 0 unspecified atom stereocenters. The van der Waals surface area contributed by atoms with Crippen LogP contribution in [0.2, 0.25) is 0 Å². The van der Waals surface area contributed by atoms with Gasteiger partial charge in [0.2, 0.25) is 0 Å². The van der Waals surface area contributed by atoms with E-state index in [0.29, 0.717) is 0 Å². The first-order chi connectivity index (χ1) is 7.66. The maximum Gasteiger partial charge on any atom is 0.107 e. The lowest BCUT2D eigenvalue weighted by molar-refractivity contribution is 0.195. The molecule has 1 N–H and O–H groups in total. The average molecular weight is 235 g/mol. The highest BCUT2D eigenvalue weighted by Gasteiger charge is 2.10. The van der Waals surface area contributed by atoms with E-state index in [1.165, 1.54) is 11.8 Å². The van der Waals surface area contributed by atoms with Crippen LogP contribution >= 0.6 is 11.8 Å². The Balaban J connectivity index is 2.27. The van der Waals surface area contributed by atoms with Crippen molar-refractivity contribution in [2.75, 3.05) is 0 Å². The molecule has 0 saturated carbocycles. The van der Waals surface area contributed by atoms with Gasteiger partial charge in [0.25, 0.3) is 0 Å². The van der Waals surface area contributed by atoms with Gasteiger partial charge in [0.05, 0.1) is 17.2 Å². The van der Waals surface area contributed by atoms with Crippen molar-refractivity contribution < 1.29 is 5.11 Å². The Hall–Kier alpha value is -1.33. The van der Waals surface area contributed by atoms with Crippen molar-refractivity contribution in [3.05, 3.63) is 36.3 Å². The monoisotopic (exact) mass is 235 g/mol. The summed E-state index contributed by atoms with van der Waals surface area (Å²) in [5.74, 6) is 0. The van der Waals surface area contributed by atoms with Crippen molar-refractivity contribution in [3.8, 4) is 0 Å². The molecule has 2 rings (SSSR count). The minimum atomic E-state index is -0.507. The van der Waals surface area contributed by atoms with Crippen molar-refractivity contribution >= 4 is 11.8 Å². The number of aryl methyl sites for hydroxylation is 1. The summed E-state index contributed by atoms with van der Waals surface area (Å²) in [6.45, 7) is 1.74. The van der Waals surface area contributed by atoms with E-state index >= 15 is 0 Å². The van der Waals surface area contributed by atoms with Gasteiger partial charge in [0.1, 0.15) is 5.03 Å².